The van der Waals surface area contributed by atoms with Crippen molar-refractivity contribution < 1.29 is 4.79 Å². The fraction of sp³-hybridized carbons (Fsp3) is 0.188. The van der Waals surface area contributed by atoms with Gasteiger partial charge in [-0.3, -0.25) is 14.2 Å². The van der Waals surface area contributed by atoms with Crippen LogP contribution in [0.15, 0.2) is 36.7 Å². The van der Waals surface area contributed by atoms with Crippen molar-refractivity contribution in [3.63, 3.8) is 0 Å². The number of carbonyl (C=O) groups is 1. The second-order valence-corrected chi connectivity index (χ2v) is 6.50. The Labute approximate surface area is 159 Å². The first-order valence-electron chi connectivity index (χ1n) is 7.48. The van der Waals surface area contributed by atoms with Crippen LogP contribution < -0.4 is 5.32 Å². The lowest BCUT2D eigenvalue weighted by Crippen LogP contribution is -2.14. The summed E-state index contributed by atoms with van der Waals surface area (Å²) in [6, 6.07) is 7.07. The van der Waals surface area contributed by atoms with Gasteiger partial charge in [0.25, 0.3) is 5.91 Å². The fourth-order valence-electron chi connectivity index (χ4n) is 2.23. The Hall–Kier alpha value is -2.02. The van der Waals surface area contributed by atoms with Gasteiger partial charge in [-0.25, -0.2) is 0 Å². The van der Waals surface area contributed by atoms with Crippen molar-refractivity contribution in [2.75, 3.05) is 5.32 Å². The van der Waals surface area contributed by atoms with Crippen molar-refractivity contribution in [3.8, 4) is 0 Å². The first kappa shape index (κ1) is 17.8. The predicted molar refractivity (Wildman–Crippen MR) is 98.7 cm³/mol. The van der Waals surface area contributed by atoms with Crippen LogP contribution >= 0.6 is 34.8 Å². The third kappa shape index (κ3) is 4.15. The standard InChI is InChI=1S/C16H14Cl3N5O/c1-2-23-9-13(19)15(22-23)16(25)20-14-5-6-24(21-14)8-10-3-4-11(17)12(18)7-10/h3-7,9H,2,8H2,1H3,(H,20,21,25). The molecule has 0 aliphatic carbocycles. The van der Waals surface area contributed by atoms with Crippen LogP contribution in [0.5, 0.6) is 0 Å². The second-order valence-electron chi connectivity index (χ2n) is 5.28. The van der Waals surface area contributed by atoms with E-state index in [4.69, 9.17) is 34.8 Å². The van der Waals surface area contributed by atoms with Crippen LogP contribution in [-0.2, 0) is 13.1 Å². The Balaban J connectivity index is 1.69. The summed E-state index contributed by atoms with van der Waals surface area (Å²) in [7, 11) is 0. The summed E-state index contributed by atoms with van der Waals surface area (Å²) in [5.41, 5.74) is 1.11. The molecule has 2 aromatic heterocycles. The number of rotatable bonds is 5. The van der Waals surface area contributed by atoms with E-state index in [1.165, 1.54) is 0 Å². The highest BCUT2D eigenvalue weighted by Gasteiger charge is 2.16. The van der Waals surface area contributed by atoms with Crippen LogP contribution in [-0.4, -0.2) is 25.5 Å². The summed E-state index contributed by atoms with van der Waals surface area (Å²) >= 11 is 18.0. The number of aromatic nitrogens is 4. The maximum atomic E-state index is 12.3. The number of benzene rings is 1. The molecule has 0 unspecified atom stereocenters. The Morgan fingerprint density at radius 2 is 1.88 bits per heavy atom. The molecule has 0 radical (unpaired) electrons. The Bertz CT molecular complexity index is 918. The van der Waals surface area contributed by atoms with Crippen LogP contribution in [0.2, 0.25) is 15.1 Å². The minimum atomic E-state index is -0.406. The van der Waals surface area contributed by atoms with Gasteiger partial charge in [-0.05, 0) is 24.6 Å². The summed E-state index contributed by atoms with van der Waals surface area (Å²) in [5.74, 6) is 0.00385. The molecule has 0 saturated heterocycles. The molecule has 3 rings (SSSR count). The highest BCUT2D eigenvalue weighted by Crippen LogP contribution is 2.23. The summed E-state index contributed by atoms with van der Waals surface area (Å²) in [4.78, 5) is 12.3. The molecule has 1 aromatic carbocycles. The summed E-state index contributed by atoms with van der Waals surface area (Å²) in [5, 5.41) is 12.4. The molecule has 25 heavy (non-hydrogen) atoms. The largest absolute Gasteiger partial charge is 0.304 e. The van der Waals surface area contributed by atoms with Gasteiger partial charge < -0.3 is 5.32 Å². The Morgan fingerprint density at radius 1 is 1.08 bits per heavy atom. The van der Waals surface area contributed by atoms with Gasteiger partial charge >= 0.3 is 0 Å². The molecule has 130 valence electrons. The molecule has 0 spiro atoms. The van der Waals surface area contributed by atoms with E-state index in [9.17, 15) is 4.79 Å². The molecular formula is C16H14Cl3N5O. The minimum Gasteiger partial charge on any atom is -0.304 e. The number of carbonyl (C=O) groups excluding carboxylic acids is 1. The van der Waals surface area contributed by atoms with Crippen molar-refractivity contribution in [3.05, 3.63) is 63.0 Å². The summed E-state index contributed by atoms with van der Waals surface area (Å²) in [6.07, 6.45) is 3.36. The molecule has 3 aromatic rings. The van der Waals surface area contributed by atoms with Crippen LogP contribution in [0.1, 0.15) is 23.0 Å². The van der Waals surface area contributed by atoms with Crippen LogP contribution in [0.4, 0.5) is 5.82 Å². The molecule has 6 nitrogen and oxygen atoms in total. The zero-order chi connectivity index (χ0) is 18.0. The number of nitrogens with zero attached hydrogens (tertiary/aromatic N) is 4. The van der Waals surface area contributed by atoms with Gasteiger partial charge in [0.1, 0.15) is 0 Å². The lowest BCUT2D eigenvalue weighted by atomic mass is 10.2. The van der Waals surface area contributed by atoms with E-state index < -0.39 is 5.91 Å². The summed E-state index contributed by atoms with van der Waals surface area (Å²) in [6.45, 7) is 3.04. The zero-order valence-electron chi connectivity index (χ0n) is 13.2. The normalized spacial score (nSPS) is 10.9. The van der Waals surface area contributed by atoms with Crippen LogP contribution in [0, 0.1) is 0 Å². The number of hydrogen-bond acceptors (Lipinski definition) is 3. The maximum absolute atomic E-state index is 12.3. The van der Waals surface area contributed by atoms with E-state index in [1.54, 1.807) is 40.0 Å². The molecule has 0 aliphatic heterocycles. The quantitative estimate of drug-likeness (QED) is 0.694. The van der Waals surface area contributed by atoms with E-state index in [-0.39, 0.29) is 5.69 Å². The van der Waals surface area contributed by atoms with Crippen molar-refractivity contribution in [2.45, 2.75) is 20.0 Å². The van der Waals surface area contributed by atoms with E-state index in [2.05, 4.69) is 15.5 Å². The molecule has 0 atom stereocenters. The second kappa shape index (κ2) is 7.47. The van der Waals surface area contributed by atoms with Gasteiger partial charge in [0.2, 0.25) is 0 Å². The van der Waals surface area contributed by atoms with Gasteiger partial charge in [-0.1, -0.05) is 40.9 Å². The van der Waals surface area contributed by atoms with E-state index >= 15 is 0 Å². The highest BCUT2D eigenvalue weighted by molar-refractivity contribution is 6.42. The third-order valence-electron chi connectivity index (χ3n) is 3.47. The van der Waals surface area contributed by atoms with E-state index in [0.29, 0.717) is 34.0 Å². The first-order chi connectivity index (χ1) is 12.0. The lowest BCUT2D eigenvalue weighted by Gasteiger charge is -2.04. The monoisotopic (exact) mass is 397 g/mol. The number of anilines is 1. The van der Waals surface area contributed by atoms with Crippen molar-refractivity contribution in [1.29, 1.82) is 0 Å². The molecule has 1 N–H and O–H groups in total. The van der Waals surface area contributed by atoms with Crippen LogP contribution in [0.25, 0.3) is 0 Å². The molecule has 1 amide bonds. The van der Waals surface area contributed by atoms with E-state index in [1.807, 2.05) is 13.0 Å². The lowest BCUT2D eigenvalue weighted by molar-refractivity contribution is 0.102. The maximum Gasteiger partial charge on any atom is 0.278 e. The molecular weight excluding hydrogens is 385 g/mol. The van der Waals surface area contributed by atoms with Gasteiger partial charge in [-0.15, -0.1) is 0 Å². The van der Waals surface area contributed by atoms with Gasteiger partial charge in [-0.2, -0.15) is 10.2 Å². The number of nitrogens with one attached hydrogen (secondary N) is 1. The molecule has 0 saturated carbocycles. The van der Waals surface area contributed by atoms with Crippen molar-refractivity contribution >= 4 is 46.5 Å². The zero-order valence-corrected chi connectivity index (χ0v) is 15.5. The average Bonchev–Trinajstić information content (AvgIpc) is 3.17. The van der Waals surface area contributed by atoms with Gasteiger partial charge in [0.05, 0.1) is 21.6 Å². The summed E-state index contributed by atoms with van der Waals surface area (Å²) < 4.78 is 3.28. The number of hydrogen-bond donors (Lipinski definition) is 1. The fourth-order valence-corrected chi connectivity index (χ4v) is 2.79. The predicted octanol–water partition coefficient (Wildman–Crippen LogP) is 4.36. The van der Waals surface area contributed by atoms with Gasteiger partial charge in [0.15, 0.2) is 11.5 Å². The Morgan fingerprint density at radius 3 is 2.56 bits per heavy atom. The molecule has 9 heteroatoms. The average molecular weight is 399 g/mol. The molecule has 0 bridgehead atoms. The highest BCUT2D eigenvalue weighted by atomic mass is 35.5. The number of amides is 1. The molecule has 0 fully saturated rings. The Kier molecular flexibility index (Phi) is 5.32. The minimum absolute atomic E-state index is 0.169. The van der Waals surface area contributed by atoms with Crippen LogP contribution in [0.3, 0.4) is 0 Å². The molecule has 0 aliphatic rings. The first-order valence-corrected chi connectivity index (χ1v) is 8.61. The van der Waals surface area contributed by atoms with Crippen molar-refractivity contribution in [2.24, 2.45) is 0 Å². The smallest absolute Gasteiger partial charge is 0.278 e. The SMILES string of the molecule is CCn1cc(Cl)c(C(=O)Nc2ccn(Cc3ccc(Cl)c(Cl)c3)n2)n1. The molecule has 2 heterocycles. The number of halogens is 3. The van der Waals surface area contributed by atoms with Gasteiger partial charge in [0, 0.05) is 25.0 Å². The number of aryl methyl sites for hydroxylation is 1. The van der Waals surface area contributed by atoms with Crippen molar-refractivity contribution in [1.82, 2.24) is 19.6 Å². The third-order valence-corrected chi connectivity index (χ3v) is 4.48. The topological polar surface area (TPSA) is 64.7 Å². The van der Waals surface area contributed by atoms with E-state index in [0.717, 1.165) is 5.56 Å².